The predicted molar refractivity (Wildman–Crippen MR) is 68.1 cm³/mol. The number of hydrogen-bond donors (Lipinski definition) is 2. The molecule has 8 nitrogen and oxygen atoms in total. The molecule has 0 aliphatic rings. The molecule has 100 valence electrons. The Labute approximate surface area is 113 Å². The second kappa shape index (κ2) is 4.36. The monoisotopic (exact) mass is 289 g/mol. The van der Waals surface area contributed by atoms with E-state index in [1.54, 1.807) is 18.2 Å². The normalized spacial score (nSPS) is 11.3. The van der Waals surface area contributed by atoms with Crippen molar-refractivity contribution in [2.45, 2.75) is 5.22 Å². The number of para-hydroxylation sites is 1. The van der Waals surface area contributed by atoms with Gasteiger partial charge < -0.3 is 9.40 Å². The minimum absolute atomic E-state index is 0.294. The van der Waals surface area contributed by atoms with Crippen LogP contribution < -0.4 is 4.72 Å². The lowest BCUT2D eigenvalue weighted by Gasteiger charge is -2.05. The lowest BCUT2D eigenvalue weighted by Crippen LogP contribution is -2.13. The van der Waals surface area contributed by atoms with Gasteiger partial charge in [0.15, 0.2) is 0 Å². The molecule has 0 radical (unpaired) electrons. The van der Waals surface area contributed by atoms with E-state index in [1.807, 2.05) is 6.07 Å². The van der Waals surface area contributed by atoms with Crippen LogP contribution in [0.5, 0.6) is 0 Å². The summed E-state index contributed by atoms with van der Waals surface area (Å²) in [5.41, 5.74) is 1.23. The molecule has 20 heavy (non-hydrogen) atoms. The third-order valence-electron chi connectivity index (χ3n) is 2.65. The number of hydrogen-bond acceptors (Lipinski definition) is 6. The number of aromatic amines is 1. The Morgan fingerprint density at radius 3 is 2.95 bits per heavy atom. The zero-order chi connectivity index (χ0) is 14.2. The minimum Gasteiger partial charge on any atom is -0.414 e. The third kappa shape index (κ3) is 1.88. The number of anilines is 1. The van der Waals surface area contributed by atoms with Crippen molar-refractivity contribution < 1.29 is 12.8 Å². The van der Waals surface area contributed by atoms with Gasteiger partial charge in [-0.25, -0.2) is 0 Å². The van der Waals surface area contributed by atoms with Gasteiger partial charge in [-0.1, -0.05) is 17.2 Å². The highest BCUT2D eigenvalue weighted by atomic mass is 32.2. The minimum atomic E-state index is -3.95. The Kier molecular flexibility index (Phi) is 2.66. The van der Waals surface area contributed by atoms with Crippen LogP contribution in [0.3, 0.4) is 0 Å². The largest absolute Gasteiger partial charge is 0.414 e. The van der Waals surface area contributed by atoms with Crippen LogP contribution in [0.25, 0.3) is 10.9 Å². The molecule has 0 atom stereocenters. The van der Waals surface area contributed by atoms with Gasteiger partial charge in [-0.2, -0.15) is 13.7 Å². The van der Waals surface area contributed by atoms with Crippen molar-refractivity contribution in [1.29, 1.82) is 5.26 Å². The van der Waals surface area contributed by atoms with Gasteiger partial charge in [-0.3, -0.25) is 4.72 Å². The van der Waals surface area contributed by atoms with Gasteiger partial charge in [0.2, 0.25) is 6.39 Å². The fourth-order valence-electron chi connectivity index (χ4n) is 1.80. The van der Waals surface area contributed by atoms with E-state index in [-0.39, 0.29) is 0 Å². The lowest BCUT2D eigenvalue weighted by molar-refractivity contribution is 0.431. The molecular formula is C11H7N5O3S. The van der Waals surface area contributed by atoms with Crippen molar-refractivity contribution in [3.8, 4) is 6.07 Å². The number of fused-ring (bicyclic) bond motifs is 1. The van der Waals surface area contributed by atoms with Crippen molar-refractivity contribution in [3.05, 3.63) is 36.4 Å². The van der Waals surface area contributed by atoms with Crippen LogP contribution in [0.1, 0.15) is 5.56 Å². The predicted octanol–water partition coefficient (Wildman–Crippen LogP) is 1.22. The summed E-state index contributed by atoms with van der Waals surface area (Å²) in [6, 6.07) is 6.94. The molecule has 2 N–H and O–H groups in total. The van der Waals surface area contributed by atoms with Gasteiger partial charge in [-0.05, 0) is 6.07 Å². The second-order valence-electron chi connectivity index (χ2n) is 3.85. The van der Waals surface area contributed by atoms with E-state index in [0.717, 1.165) is 6.39 Å². The maximum atomic E-state index is 12.0. The van der Waals surface area contributed by atoms with Gasteiger partial charge in [0.05, 0.1) is 16.8 Å². The highest BCUT2D eigenvalue weighted by molar-refractivity contribution is 7.92. The van der Waals surface area contributed by atoms with Crippen LogP contribution in [0, 0.1) is 11.3 Å². The quantitative estimate of drug-likeness (QED) is 0.746. The maximum Gasteiger partial charge on any atom is 0.356 e. The van der Waals surface area contributed by atoms with Crippen molar-refractivity contribution >= 4 is 26.6 Å². The molecule has 0 unspecified atom stereocenters. The molecule has 0 aliphatic carbocycles. The Bertz CT molecular complexity index is 905. The first kappa shape index (κ1) is 12.2. The first-order chi connectivity index (χ1) is 9.62. The number of benzene rings is 1. The van der Waals surface area contributed by atoms with Crippen molar-refractivity contribution in [2.75, 3.05) is 4.72 Å². The maximum absolute atomic E-state index is 12.0. The fourth-order valence-corrected chi connectivity index (χ4v) is 2.67. The molecule has 0 saturated carbocycles. The summed E-state index contributed by atoms with van der Waals surface area (Å²) in [4.78, 5) is 2.86. The number of aromatic nitrogens is 3. The molecule has 2 heterocycles. The number of nitrogens with one attached hydrogen (secondary N) is 2. The summed E-state index contributed by atoms with van der Waals surface area (Å²) in [5, 5.41) is 15.7. The van der Waals surface area contributed by atoms with Crippen LogP contribution in [0.15, 0.2) is 40.4 Å². The van der Waals surface area contributed by atoms with E-state index in [1.165, 1.54) is 6.20 Å². The Hall–Kier alpha value is -2.86. The summed E-state index contributed by atoms with van der Waals surface area (Å²) in [5.74, 6) is 0. The topological polar surface area (TPSA) is 125 Å². The van der Waals surface area contributed by atoms with Gasteiger partial charge >= 0.3 is 15.2 Å². The average Bonchev–Trinajstić information content (AvgIpc) is 3.08. The molecule has 3 rings (SSSR count). The van der Waals surface area contributed by atoms with Crippen LogP contribution >= 0.6 is 0 Å². The highest BCUT2D eigenvalue weighted by Crippen LogP contribution is 2.26. The smallest absolute Gasteiger partial charge is 0.356 e. The van der Waals surface area contributed by atoms with Gasteiger partial charge in [0.1, 0.15) is 6.07 Å². The van der Waals surface area contributed by atoms with Crippen LogP contribution in [-0.4, -0.2) is 23.6 Å². The number of sulfonamides is 1. The second-order valence-corrected chi connectivity index (χ2v) is 5.41. The van der Waals surface area contributed by atoms with E-state index in [9.17, 15) is 8.42 Å². The average molecular weight is 289 g/mol. The molecule has 0 bridgehead atoms. The molecule has 3 aromatic rings. The molecule has 1 aromatic carbocycles. The Morgan fingerprint density at radius 1 is 1.40 bits per heavy atom. The Balaban J connectivity index is 2.09. The summed E-state index contributed by atoms with van der Waals surface area (Å²) in [6.07, 6.45) is 2.44. The van der Waals surface area contributed by atoms with Crippen LogP contribution in [0.4, 0.5) is 5.69 Å². The summed E-state index contributed by atoms with van der Waals surface area (Å²) < 4.78 is 31.0. The lowest BCUT2D eigenvalue weighted by atomic mass is 10.2. The zero-order valence-electron chi connectivity index (χ0n) is 9.86. The molecule has 0 spiro atoms. The van der Waals surface area contributed by atoms with E-state index in [4.69, 9.17) is 5.26 Å². The fraction of sp³-hybridized carbons (Fsp3) is 0. The SMILES string of the molecule is N#Cc1c[nH]c2c(NS(=O)(=O)c3nnco3)cccc12. The molecule has 0 amide bonds. The molecular weight excluding hydrogens is 282 g/mol. The van der Waals surface area contributed by atoms with E-state index >= 15 is 0 Å². The van der Waals surface area contributed by atoms with Gasteiger partial charge in [0.25, 0.3) is 0 Å². The summed E-state index contributed by atoms with van der Waals surface area (Å²) in [7, 11) is -3.95. The number of H-pyrrole nitrogens is 1. The molecule has 2 aromatic heterocycles. The first-order valence-corrected chi connectivity index (χ1v) is 6.89. The van der Waals surface area contributed by atoms with Gasteiger partial charge in [-0.15, -0.1) is 5.10 Å². The molecule has 0 fully saturated rings. The van der Waals surface area contributed by atoms with Crippen molar-refractivity contribution in [2.24, 2.45) is 0 Å². The zero-order valence-corrected chi connectivity index (χ0v) is 10.7. The number of rotatable bonds is 3. The van der Waals surface area contributed by atoms with E-state index < -0.39 is 15.2 Å². The van der Waals surface area contributed by atoms with E-state index in [2.05, 4.69) is 24.3 Å². The van der Waals surface area contributed by atoms with Crippen LogP contribution in [-0.2, 0) is 10.0 Å². The van der Waals surface area contributed by atoms with Crippen molar-refractivity contribution in [1.82, 2.24) is 15.2 Å². The number of nitrogens with zero attached hydrogens (tertiary/aromatic N) is 3. The van der Waals surface area contributed by atoms with Crippen molar-refractivity contribution in [3.63, 3.8) is 0 Å². The first-order valence-electron chi connectivity index (χ1n) is 5.41. The molecule has 0 aliphatic heterocycles. The molecule has 9 heteroatoms. The van der Waals surface area contributed by atoms with Gasteiger partial charge in [0, 0.05) is 11.6 Å². The summed E-state index contributed by atoms with van der Waals surface area (Å²) in [6.45, 7) is 0. The Morgan fingerprint density at radius 2 is 2.25 bits per heavy atom. The highest BCUT2D eigenvalue weighted by Gasteiger charge is 2.21. The number of nitriles is 1. The van der Waals surface area contributed by atoms with E-state index in [0.29, 0.717) is 22.2 Å². The third-order valence-corrected chi connectivity index (χ3v) is 3.78. The summed E-state index contributed by atoms with van der Waals surface area (Å²) >= 11 is 0. The van der Waals surface area contributed by atoms with Crippen LogP contribution in [0.2, 0.25) is 0 Å². The molecule has 0 saturated heterocycles. The standard InChI is InChI=1S/C11H7N5O3S/c12-4-7-5-13-10-8(7)2-1-3-9(10)16-20(17,18)11-15-14-6-19-11/h1-3,5-6,13,16H.